The summed E-state index contributed by atoms with van der Waals surface area (Å²) in [5.74, 6) is -0.547. The Hall–Kier alpha value is -1.23. The first-order chi connectivity index (χ1) is 9.51. The molecule has 0 heterocycles. The van der Waals surface area contributed by atoms with Gasteiger partial charge in [0.25, 0.3) is 5.91 Å². The van der Waals surface area contributed by atoms with Crippen LogP contribution in [0.5, 0.6) is 5.75 Å². The van der Waals surface area contributed by atoms with Crippen LogP contribution in [-0.2, 0) is 0 Å². The van der Waals surface area contributed by atoms with Crippen molar-refractivity contribution in [3.8, 4) is 5.75 Å². The summed E-state index contributed by atoms with van der Waals surface area (Å²) in [5.41, 5.74) is 0.0491. The molecule has 0 aromatic heterocycles. The Bertz CT molecular complexity index is 453. The SMILES string of the molecule is CCC(CC)(CNC(=O)c1ccc(OC)cc1F)SC. The molecule has 1 N–H and O–H groups in total. The van der Waals surface area contributed by atoms with Crippen LogP contribution in [0.1, 0.15) is 37.0 Å². The van der Waals surface area contributed by atoms with E-state index in [9.17, 15) is 9.18 Å². The lowest BCUT2D eigenvalue weighted by atomic mass is 10.0. The standard InChI is InChI=1S/C15H22FNO2S/c1-5-15(6-2,20-4)10-17-14(18)12-8-7-11(19-3)9-13(12)16/h7-9H,5-6,10H2,1-4H3,(H,17,18). The van der Waals surface area contributed by atoms with E-state index >= 15 is 0 Å². The number of hydrogen-bond donors (Lipinski definition) is 1. The summed E-state index contributed by atoms with van der Waals surface area (Å²) in [7, 11) is 1.46. The Morgan fingerprint density at radius 3 is 2.50 bits per heavy atom. The van der Waals surface area contributed by atoms with E-state index in [1.54, 1.807) is 17.8 Å². The van der Waals surface area contributed by atoms with Gasteiger partial charge in [-0.2, -0.15) is 11.8 Å². The molecule has 1 amide bonds. The summed E-state index contributed by atoms with van der Waals surface area (Å²) < 4.78 is 18.7. The number of nitrogens with one attached hydrogen (secondary N) is 1. The van der Waals surface area contributed by atoms with E-state index < -0.39 is 5.82 Å². The Labute approximate surface area is 124 Å². The topological polar surface area (TPSA) is 38.3 Å². The van der Waals surface area contributed by atoms with Gasteiger partial charge in [-0.1, -0.05) is 13.8 Å². The second kappa shape index (κ2) is 7.53. The third-order valence-electron chi connectivity index (χ3n) is 3.71. The number of hydrogen-bond acceptors (Lipinski definition) is 3. The third-order valence-corrected chi connectivity index (χ3v) is 5.30. The number of benzene rings is 1. The summed E-state index contributed by atoms with van der Waals surface area (Å²) in [6, 6.07) is 4.25. The first kappa shape index (κ1) is 16.8. The lowest BCUT2D eigenvalue weighted by Gasteiger charge is -2.29. The van der Waals surface area contributed by atoms with Gasteiger partial charge in [0.15, 0.2) is 0 Å². The predicted octanol–water partition coefficient (Wildman–Crippen LogP) is 3.49. The summed E-state index contributed by atoms with van der Waals surface area (Å²) in [6.07, 6.45) is 3.94. The van der Waals surface area contributed by atoms with Gasteiger partial charge in [0.05, 0.1) is 12.7 Å². The maximum absolute atomic E-state index is 13.8. The molecule has 0 atom stereocenters. The highest BCUT2D eigenvalue weighted by Crippen LogP contribution is 2.29. The predicted molar refractivity (Wildman–Crippen MR) is 82.1 cm³/mol. The number of amides is 1. The molecule has 0 aliphatic rings. The van der Waals surface area contributed by atoms with Gasteiger partial charge in [-0.05, 0) is 31.2 Å². The third kappa shape index (κ3) is 3.88. The van der Waals surface area contributed by atoms with Gasteiger partial charge in [0.2, 0.25) is 0 Å². The maximum atomic E-state index is 13.8. The van der Waals surface area contributed by atoms with Crippen LogP contribution >= 0.6 is 11.8 Å². The van der Waals surface area contributed by atoms with Gasteiger partial charge in [-0.25, -0.2) is 4.39 Å². The van der Waals surface area contributed by atoms with Crippen LogP contribution in [0, 0.1) is 5.82 Å². The molecule has 3 nitrogen and oxygen atoms in total. The number of ether oxygens (including phenoxy) is 1. The Morgan fingerprint density at radius 1 is 1.40 bits per heavy atom. The number of rotatable bonds is 7. The van der Waals surface area contributed by atoms with E-state index in [4.69, 9.17) is 4.74 Å². The van der Waals surface area contributed by atoms with E-state index in [0.29, 0.717) is 12.3 Å². The number of thioether (sulfide) groups is 1. The molecule has 0 aliphatic carbocycles. The van der Waals surface area contributed by atoms with Crippen LogP contribution in [-0.4, -0.2) is 30.6 Å². The summed E-state index contributed by atoms with van der Waals surface area (Å²) in [6.45, 7) is 4.73. The zero-order chi connectivity index (χ0) is 15.2. The van der Waals surface area contributed by atoms with E-state index in [1.807, 2.05) is 6.26 Å². The van der Waals surface area contributed by atoms with Gasteiger partial charge in [-0.15, -0.1) is 0 Å². The van der Waals surface area contributed by atoms with Crippen LogP contribution in [0.3, 0.4) is 0 Å². The largest absolute Gasteiger partial charge is 0.497 e. The molecule has 0 radical (unpaired) electrons. The lowest BCUT2D eigenvalue weighted by molar-refractivity contribution is 0.0945. The maximum Gasteiger partial charge on any atom is 0.254 e. The van der Waals surface area contributed by atoms with Crippen molar-refractivity contribution < 1.29 is 13.9 Å². The van der Waals surface area contributed by atoms with Gasteiger partial charge in [-0.3, -0.25) is 4.79 Å². The molecule has 0 unspecified atom stereocenters. The smallest absolute Gasteiger partial charge is 0.254 e. The molecule has 112 valence electrons. The molecule has 0 fully saturated rings. The van der Waals surface area contributed by atoms with Crippen LogP contribution in [0.15, 0.2) is 18.2 Å². The van der Waals surface area contributed by atoms with Gasteiger partial charge in [0, 0.05) is 17.4 Å². The highest BCUT2D eigenvalue weighted by molar-refractivity contribution is 8.00. The van der Waals surface area contributed by atoms with E-state index in [0.717, 1.165) is 12.8 Å². The van der Waals surface area contributed by atoms with E-state index in [2.05, 4.69) is 19.2 Å². The minimum Gasteiger partial charge on any atom is -0.497 e. The first-order valence-corrected chi connectivity index (χ1v) is 7.91. The van der Waals surface area contributed by atoms with E-state index in [-0.39, 0.29) is 16.2 Å². The van der Waals surface area contributed by atoms with Crippen molar-refractivity contribution in [3.05, 3.63) is 29.6 Å². The highest BCUT2D eigenvalue weighted by atomic mass is 32.2. The molecule has 0 bridgehead atoms. The fraction of sp³-hybridized carbons (Fsp3) is 0.533. The fourth-order valence-electron chi connectivity index (χ4n) is 2.00. The minimum absolute atomic E-state index is 0.0125. The number of carbonyl (C=O) groups is 1. The summed E-state index contributed by atoms with van der Waals surface area (Å²) in [4.78, 5) is 12.1. The average molecular weight is 299 g/mol. The molecule has 5 heteroatoms. The van der Waals surface area contributed by atoms with Crippen molar-refractivity contribution >= 4 is 17.7 Å². The van der Waals surface area contributed by atoms with Crippen molar-refractivity contribution in [1.82, 2.24) is 5.32 Å². The van der Waals surface area contributed by atoms with Crippen molar-refractivity contribution in [3.63, 3.8) is 0 Å². The molecule has 1 rings (SSSR count). The lowest BCUT2D eigenvalue weighted by Crippen LogP contribution is -2.39. The van der Waals surface area contributed by atoms with Gasteiger partial charge in [0.1, 0.15) is 11.6 Å². The zero-order valence-corrected chi connectivity index (χ0v) is 13.3. The quantitative estimate of drug-likeness (QED) is 0.837. The number of halogens is 1. The molecule has 1 aromatic carbocycles. The van der Waals surface area contributed by atoms with Crippen LogP contribution in [0.2, 0.25) is 0 Å². The monoisotopic (exact) mass is 299 g/mol. The van der Waals surface area contributed by atoms with Crippen molar-refractivity contribution in [2.24, 2.45) is 0 Å². The van der Waals surface area contributed by atoms with Crippen molar-refractivity contribution in [1.29, 1.82) is 0 Å². The van der Waals surface area contributed by atoms with Crippen molar-refractivity contribution in [2.45, 2.75) is 31.4 Å². The summed E-state index contributed by atoms with van der Waals surface area (Å²) >= 11 is 1.74. The molecule has 0 saturated carbocycles. The summed E-state index contributed by atoms with van der Waals surface area (Å²) in [5, 5.41) is 2.83. The Morgan fingerprint density at radius 2 is 2.05 bits per heavy atom. The van der Waals surface area contributed by atoms with Crippen LogP contribution < -0.4 is 10.1 Å². The van der Waals surface area contributed by atoms with Gasteiger partial charge >= 0.3 is 0 Å². The first-order valence-electron chi connectivity index (χ1n) is 6.68. The second-order valence-electron chi connectivity index (χ2n) is 4.62. The molecule has 0 aliphatic heterocycles. The van der Waals surface area contributed by atoms with Gasteiger partial charge < -0.3 is 10.1 Å². The molecule has 20 heavy (non-hydrogen) atoms. The average Bonchev–Trinajstić information content (AvgIpc) is 2.48. The minimum atomic E-state index is -0.565. The normalized spacial score (nSPS) is 11.2. The molecule has 1 aromatic rings. The van der Waals surface area contributed by atoms with Crippen molar-refractivity contribution in [2.75, 3.05) is 19.9 Å². The van der Waals surface area contributed by atoms with Crippen LogP contribution in [0.4, 0.5) is 4.39 Å². The van der Waals surface area contributed by atoms with Crippen LogP contribution in [0.25, 0.3) is 0 Å². The zero-order valence-electron chi connectivity index (χ0n) is 12.5. The number of methoxy groups -OCH3 is 1. The Balaban J connectivity index is 2.77. The Kier molecular flexibility index (Phi) is 6.33. The second-order valence-corrected chi connectivity index (χ2v) is 5.90. The fourth-order valence-corrected chi connectivity index (χ4v) is 2.80. The molecular formula is C15H22FNO2S. The molecule has 0 spiro atoms. The molecule has 0 saturated heterocycles. The number of carbonyl (C=O) groups excluding carboxylic acids is 1. The molecular weight excluding hydrogens is 277 g/mol. The van der Waals surface area contributed by atoms with E-state index in [1.165, 1.54) is 19.2 Å². The highest BCUT2D eigenvalue weighted by Gasteiger charge is 2.26.